The van der Waals surface area contributed by atoms with Crippen molar-refractivity contribution in [3.05, 3.63) is 65.0 Å². The number of hydrogen-bond acceptors (Lipinski definition) is 5. The zero-order valence-electron chi connectivity index (χ0n) is 19.1. The van der Waals surface area contributed by atoms with Crippen molar-refractivity contribution in [2.75, 3.05) is 46.4 Å². The van der Waals surface area contributed by atoms with Gasteiger partial charge in [-0.05, 0) is 42.3 Å². The molecule has 1 fully saturated rings. The van der Waals surface area contributed by atoms with Crippen molar-refractivity contribution < 1.29 is 9.53 Å². The Morgan fingerprint density at radius 2 is 1.78 bits per heavy atom. The summed E-state index contributed by atoms with van der Waals surface area (Å²) in [5.41, 5.74) is 1.29. The monoisotopic (exact) mass is 451 g/mol. The molecule has 1 saturated heterocycles. The largest absolute Gasteiger partial charge is 0.492 e. The first-order chi connectivity index (χ1) is 15.6. The summed E-state index contributed by atoms with van der Waals surface area (Å²) in [5, 5.41) is 1.33. The van der Waals surface area contributed by atoms with Crippen molar-refractivity contribution in [1.29, 1.82) is 0 Å². The molecule has 0 radical (unpaired) electrons. The summed E-state index contributed by atoms with van der Waals surface area (Å²) in [6.45, 7) is 8.88. The smallest absolute Gasteiger partial charge is 0.222 e. The third-order valence-electron chi connectivity index (χ3n) is 5.98. The molecule has 32 heavy (non-hydrogen) atoms. The van der Waals surface area contributed by atoms with Crippen LogP contribution in [0.3, 0.4) is 0 Å². The van der Waals surface area contributed by atoms with Crippen molar-refractivity contribution in [2.24, 2.45) is 0 Å². The minimum atomic E-state index is 0.260. The van der Waals surface area contributed by atoms with E-state index >= 15 is 0 Å². The Morgan fingerprint density at radius 1 is 1.03 bits per heavy atom. The highest BCUT2D eigenvalue weighted by Gasteiger charge is 2.19. The second-order valence-electron chi connectivity index (χ2n) is 8.49. The number of rotatable bonds is 9. The average molecular weight is 452 g/mol. The minimum Gasteiger partial charge on any atom is -0.492 e. The van der Waals surface area contributed by atoms with E-state index in [-0.39, 0.29) is 5.91 Å². The number of nitrogens with zero attached hydrogens (tertiary/aromatic N) is 3. The molecule has 1 aliphatic rings. The quantitative estimate of drug-likeness (QED) is 0.481. The van der Waals surface area contributed by atoms with Crippen molar-refractivity contribution in [1.82, 2.24) is 14.7 Å². The van der Waals surface area contributed by atoms with Gasteiger partial charge in [0.2, 0.25) is 5.91 Å². The molecule has 2 aromatic carbocycles. The van der Waals surface area contributed by atoms with E-state index in [0.717, 1.165) is 51.6 Å². The van der Waals surface area contributed by atoms with Gasteiger partial charge in [-0.2, -0.15) is 0 Å². The Hall–Kier alpha value is -2.41. The van der Waals surface area contributed by atoms with Gasteiger partial charge in [-0.25, -0.2) is 0 Å². The molecule has 5 nitrogen and oxygen atoms in total. The van der Waals surface area contributed by atoms with Gasteiger partial charge in [-0.15, -0.1) is 11.3 Å². The number of ether oxygens (including phenoxy) is 1. The van der Waals surface area contributed by atoms with Gasteiger partial charge in [0.05, 0.1) is 0 Å². The molecular formula is C26H33N3O2S. The second kappa shape index (κ2) is 10.9. The van der Waals surface area contributed by atoms with Crippen LogP contribution >= 0.6 is 11.3 Å². The summed E-state index contributed by atoms with van der Waals surface area (Å²) in [6.07, 6.45) is 0.597. The zero-order chi connectivity index (χ0) is 22.3. The van der Waals surface area contributed by atoms with Crippen molar-refractivity contribution >= 4 is 27.3 Å². The lowest BCUT2D eigenvalue weighted by molar-refractivity contribution is -0.132. The van der Waals surface area contributed by atoms with E-state index < -0.39 is 0 Å². The number of carbonyl (C=O) groups is 1. The van der Waals surface area contributed by atoms with E-state index in [9.17, 15) is 4.79 Å². The maximum absolute atomic E-state index is 11.8. The van der Waals surface area contributed by atoms with Gasteiger partial charge in [0.15, 0.2) is 0 Å². The SMILES string of the molecule is CCC(=O)N1CCN(CCOc2ccc(CN(C)Cc3cc4ccccc4s3)cc2)CC1. The molecule has 0 atom stereocenters. The third kappa shape index (κ3) is 6.09. The molecule has 170 valence electrons. The van der Waals surface area contributed by atoms with Gasteiger partial charge in [-0.1, -0.05) is 37.3 Å². The molecule has 1 amide bonds. The zero-order valence-corrected chi connectivity index (χ0v) is 19.9. The van der Waals surface area contributed by atoms with Gasteiger partial charge in [0.25, 0.3) is 0 Å². The van der Waals surface area contributed by atoms with Crippen LogP contribution < -0.4 is 4.74 Å². The van der Waals surface area contributed by atoms with Crippen molar-refractivity contribution in [3.63, 3.8) is 0 Å². The summed E-state index contributed by atoms with van der Waals surface area (Å²) < 4.78 is 7.31. The van der Waals surface area contributed by atoms with Gasteiger partial charge < -0.3 is 9.64 Å². The summed E-state index contributed by atoms with van der Waals surface area (Å²) in [7, 11) is 2.17. The summed E-state index contributed by atoms with van der Waals surface area (Å²) in [5.74, 6) is 1.18. The van der Waals surface area contributed by atoms with Crippen LogP contribution in [-0.2, 0) is 17.9 Å². The van der Waals surface area contributed by atoms with E-state index in [0.29, 0.717) is 13.0 Å². The predicted octanol–water partition coefficient (Wildman–Crippen LogP) is 4.47. The van der Waals surface area contributed by atoms with E-state index in [4.69, 9.17) is 4.74 Å². The maximum atomic E-state index is 11.8. The van der Waals surface area contributed by atoms with Crippen LogP contribution in [0.4, 0.5) is 0 Å². The highest BCUT2D eigenvalue weighted by atomic mass is 32.1. The highest BCUT2D eigenvalue weighted by molar-refractivity contribution is 7.19. The highest BCUT2D eigenvalue weighted by Crippen LogP contribution is 2.26. The molecule has 0 spiro atoms. The molecule has 2 heterocycles. The fourth-order valence-electron chi connectivity index (χ4n) is 4.18. The first-order valence-electron chi connectivity index (χ1n) is 11.5. The van der Waals surface area contributed by atoms with E-state index in [1.54, 1.807) is 0 Å². The van der Waals surface area contributed by atoms with Crippen molar-refractivity contribution in [2.45, 2.75) is 26.4 Å². The van der Waals surface area contributed by atoms with Crippen LogP contribution in [-0.4, -0.2) is 67.0 Å². The van der Waals surface area contributed by atoms with Gasteiger partial charge >= 0.3 is 0 Å². The Bertz CT molecular complexity index is 976. The van der Waals surface area contributed by atoms with Crippen LogP contribution in [0.15, 0.2) is 54.6 Å². The van der Waals surface area contributed by atoms with E-state index in [2.05, 4.69) is 71.4 Å². The normalized spacial score (nSPS) is 14.9. The maximum Gasteiger partial charge on any atom is 0.222 e. The standard InChI is InChI=1S/C26H33N3O2S/c1-3-26(30)29-14-12-28(13-15-29)16-17-31-23-10-8-21(9-11-23)19-27(2)20-24-18-22-6-4-5-7-25(22)32-24/h4-11,18H,3,12-17,19-20H2,1-2H3. The lowest BCUT2D eigenvalue weighted by Crippen LogP contribution is -2.49. The minimum absolute atomic E-state index is 0.260. The number of hydrogen-bond donors (Lipinski definition) is 0. The molecule has 4 rings (SSSR count). The number of piperazine rings is 1. The Kier molecular flexibility index (Phi) is 7.79. The molecule has 0 N–H and O–H groups in total. The number of fused-ring (bicyclic) bond motifs is 1. The van der Waals surface area contributed by atoms with Crippen LogP contribution in [0.25, 0.3) is 10.1 Å². The molecule has 0 bridgehead atoms. The second-order valence-corrected chi connectivity index (χ2v) is 9.66. The van der Waals surface area contributed by atoms with Gasteiger partial charge in [-0.3, -0.25) is 14.6 Å². The molecule has 0 aliphatic carbocycles. The molecule has 1 aliphatic heterocycles. The Balaban J connectivity index is 1.18. The van der Waals surface area contributed by atoms with Crippen LogP contribution in [0.1, 0.15) is 23.8 Å². The topological polar surface area (TPSA) is 36.0 Å². The fraction of sp³-hybridized carbons (Fsp3) is 0.423. The number of benzene rings is 2. The third-order valence-corrected chi connectivity index (χ3v) is 7.08. The summed E-state index contributed by atoms with van der Waals surface area (Å²) >= 11 is 1.88. The summed E-state index contributed by atoms with van der Waals surface area (Å²) in [4.78, 5) is 19.9. The number of carbonyl (C=O) groups excluding carboxylic acids is 1. The Labute approximate surface area is 195 Å². The lowest BCUT2D eigenvalue weighted by Gasteiger charge is -2.34. The molecule has 0 unspecified atom stereocenters. The van der Waals surface area contributed by atoms with Crippen LogP contribution in [0.5, 0.6) is 5.75 Å². The fourth-order valence-corrected chi connectivity index (χ4v) is 5.32. The van der Waals surface area contributed by atoms with Gasteiger partial charge in [0.1, 0.15) is 12.4 Å². The first-order valence-corrected chi connectivity index (χ1v) is 12.3. The Morgan fingerprint density at radius 3 is 2.50 bits per heavy atom. The molecular weight excluding hydrogens is 418 g/mol. The molecule has 0 saturated carbocycles. The first kappa shape index (κ1) is 22.8. The van der Waals surface area contributed by atoms with Crippen molar-refractivity contribution in [3.8, 4) is 5.75 Å². The molecule has 1 aromatic heterocycles. The lowest BCUT2D eigenvalue weighted by atomic mass is 10.2. The average Bonchev–Trinajstić information content (AvgIpc) is 3.22. The molecule has 6 heteroatoms. The predicted molar refractivity (Wildman–Crippen MR) is 132 cm³/mol. The number of amides is 1. The van der Waals surface area contributed by atoms with Gasteiger partial charge in [0, 0.05) is 61.8 Å². The van der Waals surface area contributed by atoms with E-state index in [1.807, 2.05) is 23.2 Å². The van der Waals surface area contributed by atoms with Crippen LogP contribution in [0, 0.1) is 0 Å². The van der Waals surface area contributed by atoms with E-state index in [1.165, 1.54) is 20.5 Å². The summed E-state index contributed by atoms with van der Waals surface area (Å²) in [6, 6.07) is 19.3. The van der Waals surface area contributed by atoms with Crippen LogP contribution in [0.2, 0.25) is 0 Å². The number of thiophene rings is 1. The molecule has 3 aromatic rings.